The van der Waals surface area contributed by atoms with E-state index >= 15 is 0 Å². The largest absolute Gasteiger partial charge is 0.491 e. The highest BCUT2D eigenvalue weighted by atomic mass is 16.5. The van der Waals surface area contributed by atoms with Crippen molar-refractivity contribution in [2.75, 3.05) is 18.4 Å². The lowest BCUT2D eigenvalue weighted by atomic mass is 10.2. The zero-order valence-electron chi connectivity index (χ0n) is 11.3. The summed E-state index contributed by atoms with van der Waals surface area (Å²) in [5, 5.41) is 13.8. The van der Waals surface area contributed by atoms with Crippen LogP contribution in [0.25, 0.3) is 0 Å². The molecule has 0 aliphatic heterocycles. The monoisotopic (exact) mass is 261 g/mol. The summed E-state index contributed by atoms with van der Waals surface area (Å²) in [5.74, 6) is 0.562. The molecule has 0 bridgehead atoms. The van der Waals surface area contributed by atoms with Gasteiger partial charge in [0, 0.05) is 11.8 Å². The fourth-order valence-corrected chi connectivity index (χ4v) is 1.38. The molecular formula is C14H19N3O2. The molecular weight excluding hydrogens is 242 g/mol. The number of nitrogens with zero attached hydrogens (tertiary/aromatic N) is 1. The fraction of sp³-hybridized carbons (Fsp3) is 0.429. The van der Waals surface area contributed by atoms with Crippen molar-refractivity contribution >= 4 is 11.6 Å². The van der Waals surface area contributed by atoms with E-state index in [1.807, 2.05) is 37.3 Å². The number of nitriles is 1. The van der Waals surface area contributed by atoms with Gasteiger partial charge < -0.3 is 15.4 Å². The van der Waals surface area contributed by atoms with Gasteiger partial charge in [-0.05, 0) is 25.5 Å². The van der Waals surface area contributed by atoms with Gasteiger partial charge in [-0.15, -0.1) is 0 Å². The van der Waals surface area contributed by atoms with Gasteiger partial charge in [0.05, 0.1) is 18.7 Å². The van der Waals surface area contributed by atoms with E-state index in [9.17, 15) is 4.79 Å². The molecule has 1 aromatic carbocycles. The summed E-state index contributed by atoms with van der Waals surface area (Å²) in [5.41, 5.74) is 0.813. The first-order valence-corrected chi connectivity index (χ1v) is 6.30. The second-order valence-electron chi connectivity index (χ2n) is 4.15. The molecule has 2 N–H and O–H groups in total. The molecule has 1 atom stereocenters. The Bertz CT molecular complexity index is 454. The van der Waals surface area contributed by atoms with Crippen LogP contribution in [-0.2, 0) is 4.79 Å². The van der Waals surface area contributed by atoms with E-state index in [2.05, 4.69) is 17.6 Å². The number of carbonyl (C=O) groups is 1. The molecule has 1 unspecified atom stereocenters. The van der Waals surface area contributed by atoms with Crippen LogP contribution in [-0.4, -0.2) is 25.1 Å². The minimum Gasteiger partial charge on any atom is -0.491 e. The van der Waals surface area contributed by atoms with E-state index in [-0.39, 0.29) is 25.1 Å². The summed E-state index contributed by atoms with van der Waals surface area (Å²) in [6.07, 6.45) is 1.10. The van der Waals surface area contributed by atoms with Crippen LogP contribution in [0.1, 0.15) is 20.3 Å². The second kappa shape index (κ2) is 7.98. The molecule has 102 valence electrons. The van der Waals surface area contributed by atoms with Gasteiger partial charge in [0.15, 0.2) is 0 Å². The third-order valence-corrected chi connectivity index (χ3v) is 2.56. The summed E-state index contributed by atoms with van der Waals surface area (Å²) in [7, 11) is 0. The molecule has 0 saturated carbocycles. The molecule has 0 fully saturated rings. The van der Waals surface area contributed by atoms with E-state index < -0.39 is 0 Å². The standard InChI is InChI=1S/C14H19N3O2/c1-3-11(2)19-13-6-4-5-12(9-13)17-10-14(18)16-8-7-15/h4-6,9,11,17H,3,8,10H2,1-2H3,(H,16,18). The topological polar surface area (TPSA) is 74.2 Å². The van der Waals surface area contributed by atoms with Crippen molar-refractivity contribution < 1.29 is 9.53 Å². The van der Waals surface area contributed by atoms with Crippen LogP contribution < -0.4 is 15.4 Å². The molecule has 5 heteroatoms. The number of ether oxygens (including phenoxy) is 1. The van der Waals surface area contributed by atoms with Gasteiger partial charge in [-0.25, -0.2) is 0 Å². The Kier molecular flexibility index (Phi) is 6.23. The van der Waals surface area contributed by atoms with Crippen LogP contribution in [0.2, 0.25) is 0 Å². The van der Waals surface area contributed by atoms with Gasteiger partial charge in [0.1, 0.15) is 12.3 Å². The minimum atomic E-state index is -0.213. The Morgan fingerprint density at radius 1 is 1.53 bits per heavy atom. The van der Waals surface area contributed by atoms with Gasteiger partial charge >= 0.3 is 0 Å². The predicted molar refractivity (Wildman–Crippen MR) is 73.9 cm³/mol. The maximum Gasteiger partial charge on any atom is 0.240 e. The Labute approximate surface area is 113 Å². The maximum absolute atomic E-state index is 11.3. The van der Waals surface area contributed by atoms with Crippen LogP contribution in [0.5, 0.6) is 5.75 Å². The number of amides is 1. The highest BCUT2D eigenvalue weighted by molar-refractivity contribution is 5.80. The van der Waals surface area contributed by atoms with Crippen molar-refractivity contribution in [3.8, 4) is 11.8 Å². The Morgan fingerprint density at radius 2 is 2.32 bits per heavy atom. The van der Waals surface area contributed by atoms with Gasteiger partial charge in [-0.1, -0.05) is 13.0 Å². The van der Waals surface area contributed by atoms with Crippen molar-refractivity contribution in [3.05, 3.63) is 24.3 Å². The SMILES string of the molecule is CCC(C)Oc1cccc(NCC(=O)NCC#N)c1. The lowest BCUT2D eigenvalue weighted by Gasteiger charge is -2.13. The van der Waals surface area contributed by atoms with Crippen LogP contribution in [0.4, 0.5) is 5.69 Å². The molecule has 0 aliphatic rings. The Morgan fingerprint density at radius 3 is 3.00 bits per heavy atom. The van der Waals surface area contributed by atoms with Gasteiger partial charge in [-0.2, -0.15) is 5.26 Å². The van der Waals surface area contributed by atoms with Crippen molar-refractivity contribution in [2.45, 2.75) is 26.4 Å². The van der Waals surface area contributed by atoms with Crippen molar-refractivity contribution in [2.24, 2.45) is 0 Å². The van der Waals surface area contributed by atoms with Gasteiger partial charge in [0.2, 0.25) is 5.91 Å². The minimum absolute atomic E-state index is 0.0255. The first kappa shape index (κ1) is 14.8. The predicted octanol–water partition coefficient (Wildman–Crippen LogP) is 1.92. The van der Waals surface area contributed by atoms with Gasteiger partial charge in [0.25, 0.3) is 0 Å². The molecule has 1 rings (SSSR count). The lowest BCUT2D eigenvalue weighted by molar-refractivity contribution is -0.119. The van der Waals surface area contributed by atoms with E-state index in [0.717, 1.165) is 17.9 Å². The normalized spacial score (nSPS) is 11.2. The first-order chi connectivity index (χ1) is 9.15. The number of hydrogen-bond acceptors (Lipinski definition) is 4. The maximum atomic E-state index is 11.3. The first-order valence-electron chi connectivity index (χ1n) is 6.30. The van der Waals surface area contributed by atoms with E-state index in [1.165, 1.54) is 0 Å². The van der Waals surface area contributed by atoms with Crippen LogP contribution in [0, 0.1) is 11.3 Å². The molecule has 0 spiro atoms. The molecule has 0 radical (unpaired) electrons. The fourth-order valence-electron chi connectivity index (χ4n) is 1.38. The number of hydrogen-bond donors (Lipinski definition) is 2. The summed E-state index contributed by atoms with van der Waals surface area (Å²) in [6.45, 7) is 4.23. The third kappa shape index (κ3) is 5.77. The quantitative estimate of drug-likeness (QED) is 0.735. The van der Waals surface area contributed by atoms with E-state index in [1.54, 1.807) is 0 Å². The second-order valence-corrected chi connectivity index (χ2v) is 4.15. The number of anilines is 1. The zero-order chi connectivity index (χ0) is 14.1. The highest BCUT2D eigenvalue weighted by Gasteiger charge is 2.03. The molecule has 0 saturated heterocycles. The number of rotatable bonds is 7. The molecule has 0 aliphatic carbocycles. The number of carbonyl (C=O) groups excluding carboxylic acids is 1. The highest BCUT2D eigenvalue weighted by Crippen LogP contribution is 2.18. The average molecular weight is 261 g/mol. The summed E-state index contributed by atoms with van der Waals surface area (Å²) in [4.78, 5) is 11.3. The number of nitrogens with one attached hydrogen (secondary N) is 2. The van der Waals surface area contributed by atoms with Crippen LogP contribution >= 0.6 is 0 Å². The summed E-state index contributed by atoms with van der Waals surface area (Å²) in [6, 6.07) is 9.32. The Balaban J connectivity index is 2.48. The van der Waals surface area contributed by atoms with E-state index in [4.69, 9.17) is 10.00 Å². The third-order valence-electron chi connectivity index (χ3n) is 2.56. The molecule has 5 nitrogen and oxygen atoms in total. The molecule has 1 aromatic rings. The molecule has 1 amide bonds. The smallest absolute Gasteiger partial charge is 0.240 e. The van der Waals surface area contributed by atoms with Crippen LogP contribution in [0.3, 0.4) is 0 Å². The van der Waals surface area contributed by atoms with E-state index in [0.29, 0.717) is 0 Å². The van der Waals surface area contributed by atoms with Crippen molar-refractivity contribution in [3.63, 3.8) is 0 Å². The lowest BCUT2D eigenvalue weighted by Crippen LogP contribution is -2.29. The van der Waals surface area contributed by atoms with Gasteiger partial charge in [-0.3, -0.25) is 4.79 Å². The molecule has 0 heterocycles. The summed E-state index contributed by atoms with van der Waals surface area (Å²) >= 11 is 0. The molecule has 19 heavy (non-hydrogen) atoms. The van der Waals surface area contributed by atoms with Crippen molar-refractivity contribution in [1.29, 1.82) is 5.26 Å². The van der Waals surface area contributed by atoms with Crippen LogP contribution in [0.15, 0.2) is 24.3 Å². The van der Waals surface area contributed by atoms with Crippen molar-refractivity contribution in [1.82, 2.24) is 5.32 Å². The Hall–Kier alpha value is -2.22. The summed E-state index contributed by atoms with van der Waals surface area (Å²) < 4.78 is 5.69. The molecule has 0 aromatic heterocycles. The number of benzene rings is 1. The zero-order valence-corrected chi connectivity index (χ0v) is 11.3. The average Bonchev–Trinajstić information content (AvgIpc) is 2.43.